The van der Waals surface area contributed by atoms with E-state index >= 15 is 0 Å². The molecule has 0 spiro atoms. The molecule has 0 bridgehead atoms. The lowest BCUT2D eigenvalue weighted by molar-refractivity contribution is -0.145. The van der Waals surface area contributed by atoms with Crippen LogP contribution >= 0.6 is 27.3 Å². The lowest BCUT2D eigenvalue weighted by Crippen LogP contribution is -2.29. The summed E-state index contributed by atoms with van der Waals surface area (Å²) in [6.45, 7) is 0. The number of aliphatic carboxylic acids is 1. The van der Waals surface area contributed by atoms with Crippen molar-refractivity contribution in [3.8, 4) is 0 Å². The SMILES string of the molecule is CN(C=O)C(C(=O)O)c1sccc1Br. The lowest BCUT2D eigenvalue weighted by Gasteiger charge is -2.19. The second-order valence-corrected chi connectivity index (χ2v) is 4.45. The largest absolute Gasteiger partial charge is 0.479 e. The van der Waals surface area contributed by atoms with Gasteiger partial charge in [0.1, 0.15) is 0 Å². The van der Waals surface area contributed by atoms with Crippen LogP contribution in [0.15, 0.2) is 15.9 Å². The Balaban J connectivity index is 3.06. The van der Waals surface area contributed by atoms with Crippen LogP contribution in [0.4, 0.5) is 0 Å². The maximum atomic E-state index is 10.9. The molecule has 1 aromatic heterocycles. The summed E-state index contributed by atoms with van der Waals surface area (Å²) in [7, 11) is 1.44. The zero-order valence-electron chi connectivity index (χ0n) is 7.31. The number of rotatable bonds is 4. The van der Waals surface area contributed by atoms with Crippen molar-refractivity contribution in [1.29, 1.82) is 0 Å². The molecule has 0 aromatic carbocycles. The van der Waals surface area contributed by atoms with Gasteiger partial charge in [-0.25, -0.2) is 4.79 Å². The topological polar surface area (TPSA) is 57.6 Å². The predicted octanol–water partition coefficient (Wildman–Crippen LogP) is 1.72. The standard InChI is InChI=1S/C8H8BrNO3S/c1-10(4-11)6(8(12)13)7-5(9)2-3-14-7/h2-4,6H,1H3,(H,12,13). The zero-order chi connectivity index (χ0) is 10.7. The van der Waals surface area contributed by atoms with Gasteiger partial charge in [-0.3, -0.25) is 4.79 Å². The first-order valence-corrected chi connectivity index (χ1v) is 5.38. The molecule has 0 fully saturated rings. The van der Waals surface area contributed by atoms with Crippen LogP contribution in [0.2, 0.25) is 0 Å². The second kappa shape index (κ2) is 4.56. The van der Waals surface area contributed by atoms with E-state index in [2.05, 4.69) is 15.9 Å². The summed E-state index contributed by atoms with van der Waals surface area (Å²) in [6.07, 6.45) is 0.505. The number of carbonyl (C=O) groups excluding carboxylic acids is 1. The third-order valence-corrected chi connectivity index (χ3v) is 3.62. The van der Waals surface area contributed by atoms with E-state index in [1.54, 1.807) is 11.4 Å². The van der Waals surface area contributed by atoms with Crippen molar-refractivity contribution in [1.82, 2.24) is 4.90 Å². The van der Waals surface area contributed by atoms with E-state index in [0.717, 1.165) is 4.90 Å². The van der Waals surface area contributed by atoms with Gasteiger partial charge < -0.3 is 10.0 Å². The molecule has 1 aromatic rings. The number of thiophene rings is 1. The molecular formula is C8H8BrNO3S. The highest BCUT2D eigenvalue weighted by Gasteiger charge is 2.26. The van der Waals surface area contributed by atoms with E-state index in [9.17, 15) is 9.59 Å². The molecule has 0 saturated heterocycles. The number of likely N-dealkylation sites (N-methyl/N-ethyl adjacent to an activating group) is 1. The summed E-state index contributed by atoms with van der Waals surface area (Å²) in [6, 6.07) is 0.844. The number of carboxylic acids is 1. The third kappa shape index (κ3) is 2.13. The summed E-state index contributed by atoms with van der Waals surface area (Å²) in [4.78, 5) is 23.2. The normalized spacial score (nSPS) is 12.1. The molecule has 1 amide bonds. The van der Waals surface area contributed by atoms with Crippen molar-refractivity contribution in [2.45, 2.75) is 6.04 Å². The molecule has 76 valence electrons. The fraction of sp³-hybridized carbons (Fsp3) is 0.250. The molecule has 1 atom stereocenters. The Bertz CT molecular complexity index is 352. The predicted molar refractivity (Wildman–Crippen MR) is 56.2 cm³/mol. The summed E-state index contributed by atoms with van der Waals surface area (Å²) < 4.78 is 0.712. The number of hydrogen-bond donors (Lipinski definition) is 1. The first kappa shape index (κ1) is 11.2. The first-order valence-electron chi connectivity index (χ1n) is 3.71. The van der Waals surface area contributed by atoms with Gasteiger partial charge in [-0.05, 0) is 27.4 Å². The van der Waals surface area contributed by atoms with Crippen molar-refractivity contribution in [3.63, 3.8) is 0 Å². The van der Waals surface area contributed by atoms with Gasteiger partial charge in [0.2, 0.25) is 6.41 Å². The monoisotopic (exact) mass is 277 g/mol. The minimum absolute atomic E-state index is 0.505. The van der Waals surface area contributed by atoms with E-state index < -0.39 is 12.0 Å². The van der Waals surface area contributed by atoms with Crippen LogP contribution in [0.5, 0.6) is 0 Å². The Morgan fingerprint density at radius 2 is 2.43 bits per heavy atom. The Labute approximate surface area is 93.3 Å². The zero-order valence-corrected chi connectivity index (χ0v) is 9.71. The second-order valence-electron chi connectivity index (χ2n) is 2.64. The summed E-state index contributed by atoms with van der Waals surface area (Å²) >= 11 is 4.54. The fourth-order valence-electron chi connectivity index (χ4n) is 1.03. The van der Waals surface area contributed by atoms with Gasteiger partial charge in [0.15, 0.2) is 6.04 Å². The van der Waals surface area contributed by atoms with E-state index in [0.29, 0.717) is 15.8 Å². The van der Waals surface area contributed by atoms with Crippen molar-refractivity contribution in [2.24, 2.45) is 0 Å². The fourth-order valence-corrected chi connectivity index (χ4v) is 2.76. The number of hydrogen-bond acceptors (Lipinski definition) is 3. The van der Waals surface area contributed by atoms with E-state index in [-0.39, 0.29) is 0 Å². The summed E-state index contributed by atoms with van der Waals surface area (Å²) in [5.41, 5.74) is 0. The molecule has 4 nitrogen and oxygen atoms in total. The molecule has 14 heavy (non-hydrogen) atoms. The van der Waals surface area contributed by atoms with Crippen molar-refractivity contribution in [3.05, 3.63) is 20.8 Å². The van der Waals surface area contributed by atoms with Gasteiger partial charge in [0, 0.05) is 11.5 Å². The van der Waals surface area contributed by atoms with E-state index in [1.807, 2.05) is 0 Å². The number of nitrogens with zero attached hydrogens (tertiary/aromatic N) is 1. The molecule has 1 rings (SSSR count). The molecule has 0 radical (unpaired) electrons. The van der Waals surface area contributed by atoms with Crippen molar-refractivity contribution in [2.75, 3.05) is 7.05 Å². The van der Waals surface area contributed by atoms with Gasteiger partial charge in [-0.2, -0.15) is 0 Å². The molecule has 1 unspecified atom stereocenters. The molecule has 0 aliphatic carbocycles. The first-order chi connectivity index (χ1) is 6.57. The lowest BCUT2D eigenvalue weighted by atomic mass is 10.2. The third-order valence-electron chi connectivity index (χ3n) is 1.70. The molecule has 0 aliphatic rings. The van der Waals surface area contributed by atoms with E-state index in [1.165, 1.54) is 18.4 Å². The van der Waals surface area contributed by atoms with Crippen molar-refractivity contribution < 1.29 is 14.7 Å². The number of carboxylic acid groups (broad SMARTS) is 1. The maximum absolute atomic E-state index is 10.9. The smallest absolute Gasteiger partial charge is 0.332 e. The van der Waals surface area contributed by atoms with Crippen LogP contribution in [0, 0.1) is 0 Å². The highest BCUT2D eigenvalue weighted by atomic mass is 79.9. The van der Waals surface area contributed by atoms with Gasteiger partial charge in [-0.1, -0.05) is 0 Å². The molecule has 0 saturated carbocycles. The highest BCUT2D eigenvalue weighted by molar-refractivity contribution is 9.10. The number of halogens is 1. The van der Waals surface area contributed by atoms with Crippen LogP contribution in [0.3, 0.4) is 0 Å². The minimum Gasteiger partial charge on any atom is -0.479 e. The van der Waals surface area contributed by atoms with Crippen LogP contribution in [0.1, 0.15) is 10.9 Å². The Hall–Kier alpha value is -0.880. The van der Waals surface area contributed by atoms with Gasteiger partial charge in [-0.15, -0.1) is 11.3 Å². The number of amides is 1. The summed E-state index contributed by atoms with van der Waals surface area (Å²) in [5.74, 6) is -1.04. The minimum atomic E-state index is -1.04. The maximum Gasteiger partial charge on any atom is 0.332 e. The molecule has 1 heterocycles. The molecular weight excluding hydrogens is 270 g/mol. The molecule has 1 N–H and O–H groups in total. The average Bonchev–Trinajstić information content (AvgIpc) is 2.52. The van der Waals surface area contributed by atoms with Gasteiger partial charge >= 0.3 is 5.97 Å². The van der Waals surface area contributed by atoms with Crippen LogP contribution < -0.4 is 0 Å². The Morgan fingerprint density at radius 3 is 2.79 bits per heavy atom. The van der Waals surface area contributed by atoms with Crippen LogP contribution in [0.25, 0.3) is 0 Å². The highest BCUT2D eigenvalue weighted by Crippen LogP contribution is 2.31. The van der Waals surface area contributed by atoms with Crippen molar-refractivity contribution >= 4 is 39.6 Å². The average molecular weight is 278 g/mol. The number of carbonyl (C=O) groups is 2. The van der Waals surface area contributed by atoms with Gasteiger partial charge in [0.05, 0.1) is 4.88 Å². The van der Waals surface area contributed by atoms with E-state index in [4.69, 9.17) is 5.11 Å². The van der Waals surface area contributed by atoms with Crippen LogP contribution in [-0.4, -0.2) is 29.4 Å². The Kier molecular flexibility index (Phi) is 3.65. The van der Waals surface area contributed by atoms with Gasteiger partial charge in [0.25, 0.3) is 0 Å². The quantitative estimate of drug-likeness (QED) is 0.853. The Morgan fingerprint density at radius 1 is 1.79 bits per heavy atom. The molecule has 0 aliphatic heterocycles. The van der Waals surface area contributed by atoms with Crippen LogP contribution in [-0.2, 0) is 9.59 Å². The summed E-state index contributed by atoms with van der Waals surface area (Å²) in [5, 5.41) is 10.7. The molecule has 6 heteroatoms.